The van der Waals surface area contributed by atoms with Gasteiger partial charge in [0.15, 0.2) is 0 Å². The molecule has 0 saturated carbocycles. The van der Waals surface area contributed by atoms with E-state index in [1.165, 1.54) is 27.3 Å². The second-order valence-corrected chi connectivity index (χ2v) is 8.84. The van der Waals surface area contributed by atoms with Crippen LogP contribution in [0, 0.1) is 13.8 Å². The molecule has 31 heavy (non-hydrogen) atoms. The fourth-order valence-electron chi connectivity index (χ4n) is 4.79. The average Bonchev–Trinajstić information content (AvgIpc) is 3.26. The Kier molecular flexibility index (Phi) is 6.25. The van der Waals surface area contributed by atoms with Crippen LogP contribution in [0.25, 0.3) is 0 Å². The van der Waals surface area contributed by atoms with Crippen LogP contribution in [0.1, 0.15) is 65.2 Å². The van der Waals surface area contributed by atoms with E-state index < -0.39 is 0 Å². The van der Waals surface area contributed by atoms with E-state index in [1.807, 2.05) is 9.80 Å². The molecule has 0 spiro atoms. The van der Waals surface area contributed by atoms with Crippen LogP contribution >= 0.6 is 0 Å². The molecule has 164 valence electrons. The Bertz CT molecular complexity index is 1040. The number of carbonyl (C=O) groups is 2. The summed E-state index contributed by atoms with van der Waals surface area (Å²) in [5.41, 5.74) is 3.77. The van der Waals surface area contributed by atoms with Gasteiger partial charge in [-0.25, -0.2) is 0 Å². The van der Waals surface area contributed by atoms with Crippen LogP contribution in [-0.2, 0) is 11.3 Å². The highest BCUT2D eigenvalue weighted by atomic mass is 16.2. The summed E-state index contributed by atoms with van der Waals surface area (Å²) in [6, 6.07) is 9.41. The van der Waals surface area contributed by atoms with Crippen molar-refractivity contribution < 1.29 is 9.59 Å². The van der Waals surface area contributed by atoms with Gasteiger partial charge in [-0.2, -0.15) is 0 Å². The number of amides is 2. The second-order valence-electron chi connectivity index (χ2n) is 8.84. The van der Waals surface area contributed by atoms with Crippen molar-refractivity contribution in [3.8, 4) is 0 Å². The topological polar surface area (TPSA) is 62.6 Å². The predicted octanol–water partition coefficient (Wildman–Crippen LogP) is 3.45. The van der Waals surface area contributed by atoms with Crippen LogP contribution < -0.4 is 5.56 Å². The van der Waals surface area contributed by atoms with Gasteiger partial charge >= 0.3 is 0 Å². The van der Waals surface area contributed by atoms with E-state index >= 15 is 0 Å². The summed E-state index contributed by atoms with van der Waals surface area (Å²) in [7, 11) is 0. The molecule has 2 aromatic rings. The van der Waals surface area contributed by atoms with E-state index in [0.29, 0.717) is 12.1 Å². The summed E-state index contributed by atoms with van der Waals surface area (Å²) in [6.45, 7) is 6.33. The fourth-order valence-corrected chi connectivity index (χ4v) is 4.79. The maximum Gasteiger partial charge on any atom is 0.255 e. The Labute approximate surface area is 183 Å². The first-order valence-corrected chi connectivity index (χ1v) is 11.3. The van der Waals surface area contributed by atoms with Crippen molar-refractivity contribution in [2.45, 2.75) is 58.5 Å². The van der Waals surface area contributed by atoms with E-state index in [1.54, 1.807) is 12.3 Å². The van der Waals surface area contributed by atoms with Crippen LogP contribution in [0.15, 0.2) is 41.3 Å². The Hall–Kier alpha value is -2.89. The number of piperidine rings is 1. The summed E-state index contributed by atoms with van der Waals surface area (Å²) in [5.74, 6) is -0.136. The van der Waals surface area contributed by atoms with E-state index in [-0.39, 0.29) is 30.0 Å². The standard InChI is InChI=1S/C25H31N3O3/c1-18-8-9-19(2)21(15-18)22-7-6-14-28(22)25(31)20-10-11-23(29)27(16-20)17-24(30)26-12-4-3-5-13-26/h8-11,15-16,22H,3-7,12-14,17H2,1-2H3/t22-/m0/s1. The third-order valence-corrected chi connectivity index (χ3v) is 6.55. The molecule has 1 aromatic heterocycles. The number of benzene rings is 1. The molecule has 2 saturated heterocycles. The van der Waals surface area contributed by atoms with Gasteiger partial charge in [0.05, 0.1) is 11.6 Å². The first kappa shape index (κ1) is 21.3. The van der Waals surface area contributed by atoms with Crippen molar-refractivity contribution in [3.05, 3.63) is 69.1 Å². The number of carbonyl (C=O) groups excluding carboxylic acids is 2. The molecular formula is C25H31N3O3. The number of hydrogen-bond donors (Lipinski definition) is 0. The molecule has 4 rings (SSSR count). The zero-order chi connectivity index (χ0) is 22.0. The Morgan fingerprint density at radius 1 is 0.968 bits per heavy atom. The largest absolute Gasteiger partial charge is 0.341 e. The zero-order valence-electron chi connectivity index (χ0n) is 18.5. The minimum absolute atomic E-state index is 0.0135. The number of aryl methyl sites for hydroxylation is 2. The third kappa shape index (κ3) is 4.58. The SMILES string of the molecule is Cc1ccc(C)c([C@@H]2CCCN2C(=O)c2ccc(=O)n(CC(=O)N3CCCCC3)c2)c1. The Morgan fingerprint density at radius 3 is 2.52 bits per heavy atom. The molecule has 0 radical (unpaired) electrons. The van der Waals surface area contributed by atoms with Gasteiger partial charge in [-0.1, -0.05) is 23.8 Å². The van der Waals surface area contributed by atoms with E-state index in [2.05, 4.69) is 32.0 Å². The summed E-state index contributed by atoms with van der Waals surface area (Å²) in [4.78, 5) is 42.1. The number of rotatable bonds is 4. The van der Waals surface area contributed by atoms with E-state index in [0.717, 1.165) is 45.2 Å². The normalized spacial score (nSPS) is 19.0. The summed E-state index contributed by atoms with van der Waals surface area (Å²) in [5, 5.41) is 0. The minimum Gasteiger partial charge on any atom is -0.341 e. The van der Waals surface area contributed by atoms with Crippen LogP contribution in [0.4, 0.5) is 0 Å². The molecule has 2 aliphatic heterocycles. The highest BCUT2D eigenvalue weighted by Crippen LogP contribution is 2.35. The molecule has 0 aliphatic carbocycles. The Balaban J connectivity index is 1.55. The molecule has 1 aromatic carbocycles. The maximum atomic E-state index is 13.4. The third-order valence-electron chi connectivity index (χ3n) is 6.55. The molecule has 1 atom stereocenters. The van der Waals surface area contributed by atoms with Crippen LogP contribution in [0.3, 0.4) is 0 Å². The molecule has 2 amide bonds. The minimum atomic E-state index is -0.255. The highest BCUT2D eigenvalue weighted by Gasteiger charge is 2.32. The lowest BCUT2D eigenvalue weighted by atomic mass is 9.97. The number of nitrogens with zero attached hydrogens (tertiary/aromatic N) is 3. The predicted molar refractivity (Wildman–Crippen MR) is 120 cm³/mol. The lowest BCUT2D eigenvalue weighted by molar-refractivity contribution is -0.132. The van der Waals surface area contributed by atoms with Gasteiger partial charge in [0.1, 0.15) is 6.54 Å². The highest BCUT2D eigenvalue weighted by molar-refractivity contribution is 5.94. The first-order valence-electron chi connectivity index (χ1n) is 11.3. The van der Waals surface area contributed by atoms with Crippen LogP contribution in [0.5, 0.6) is 0 Å². The number of likely N-dealkylation sites (tertiary alicyclic amines) is 2. The lowest BCUT2D eigenvalue weighted by Gasteiger charge is -2.28. The van der Waals surface area contributed by atoms with Crippen LogP contribution in [0.2, 0.25) is 0 Å². The smallest absolute Gasteiger partial charge is 0.255 e. The molecule has 2 fully saturated rings. The van der Waals surface area contributed by atoms with Crippen molar-refractivity contribution in [1.29, 1.82) is 0 Å². The molecule has 2 aliphatic rings. The quantitative estimate of drug-likeness (QED) is 0.760. The number of hydrogen-bond acceptors (Lipinski definition) is 3. The van der Waals surface area contributed by atoms with Crippen molar-refractivity contribution in [1.82, 2.24) is 14.4 Å². The lowest BCUT2D eigenvalue weighted by Crippen LogP contribution is -2.39. The average molecular weight is 422 g/mol. The van der Waals surface area contributed by atoms with Gasteiger partial charge < -0.3 is 14.4 Å². The molecule has 6 heteroatoms. The molecular weight excluding hydrogens is 390 g/mol. The fraction of sp³-hybridized carbons (Fsp3) is 0.480. The van der Waals surface area contributed by atoms with Gasteiger partial charge in [0.25, 0.3) is 11.5 Å². The monoisotopic (exact) mass is 421 g/mol. The summed E-state index contributed by atoms with van der Waals surface area (Å²) < 4.78 is 1.38. The molecule has 6 nitrogen and oxygen atoms in total. The van der Waals surface area contributed by atoms with Crippen molar-refractivity contribution in [2.24, 2.45) is 0 Å². The summed E-state index contributed by atoms with van der Waals surface area (Å²) in [6.07, 6.45) is 6.61. The summed E-state index contributed by atoms with van der Waals surface area (Å²) >= 11 is 0. The van der Waals surface area contributed by atoms with Crippen LogP contribution in [-0.4, -0.2) is 45.8 Å². The zero-order valence-corrected chi connectivity index (χ0v) is 18.5. The molecule has 0 unspecified atom stereocenters. The number of pyridine rings is 1. The van der Waals surface area contributed by atoms with Crippen molar-refractivity contribution >= 4 is 11.8 Å². The molecule has 0 bridgehead atoms. The van der Waals surface area contributed by atoms with Gasteiger partial charge in [0, 0.05) is 31.9 Å². The van der Waals surface area contributed by atoms with E-state index in [9.17, 15) is 14.4 Å². The number of aromatic nitrogens is 1. The van der Waals surface area contributed by atoms with Crippen molar-refractivity contribution in [3.63, 3.8) is 0 Å². The van der Waals surface area contributed by atoms with Gasteiger partial charge in [-0.3, -0.25) is 14.4 Å². The first-order chi connectivity index (χ1) is 14.9. The van der Waals surface area contributed by atoms with Gasteiger partial charge in [-0.05, 0) is 63.1 Å². The Morgan fingerprint density at radius 2 is 1.74 bits per heavy atom. The molecule has 3 heterocycles. The molecule has 0 N–H and O–H groups in total. The van der Waals surface area contributed by atoms with E-state index in [4.69, 9.17) is 0 Å². The maximum absolute atomic E-state index is 13.4. The van der Waals surface area contributed by atoms with Gasteiger partial charge in [-0.15, -0.1) is 0 Å². The van der Waals surface area contributed by atoms with Crippen molar-refractivity contribution in [2.75, 3.05) is 19.6 Å². The van der Waals surface area contributed by atoms with Gasteiger partial charge in [0.2, 0.25) is 5.91 Å². The second kappa shape index (κ2) is 9.08.